The van der Waals surface area contributed by atoms with Crippen molar-refractivity contribution in [2.45, 2.75) is 13.0 Å². The van der Waals surface area contributed by atoms with E-state index in [4.69, 9.17) is 11.6 Å². The minimum atomic E-state index is -0.285. The van der Waals surface area contributed by atoms with Crippen LogP contribution in [0.5, 0.6) is 0 Å². The van der Waals surface area contributed by atoms with Gasteiger partial charge in [-0.3, -0.25) is 14.6 Å². The number of guanidine groups is 1. The molecular weight excluding hydrogens is 471 g/mol. The predicted octanol–water partition coefficient (Wildman–Crippen LogP) is 1.74. The molecule has 0 atom stereocenters. The van der Waals surface area contributed by atoms with Crippen molar-refractivity contribution >= 4 is 53.4 Å². The van der Waals surface area contributed by atoms with Crippen molar-refractivity contribution in [2.75, 3.05) is 40.3 Å². The SMILES string of the molecule is CN=C(NCCC(=O)OC)N1CCN(Cc2ccc(Cl)cc2)C(=O)C1.I. The first kappa shape index (κ1) is 22.5. The lowest BCUT2D eigenvalue weighted by Gasteiger charge is -2.36. The third kappa shape index (κ3) is 6.64. The highest BCUT2D eigenvalue weighted by molar-refractivity contribution is 14.0. The van der Waals surface area contributed by atoms with Crippen LogP contribution in [-0.2, 0) is 20.9 Å². The zero-order chi connectivity index (χ0) is 18.2. The number of nitrogens with zero attached hydrogens (tertiary/aromatic N) is 3. The lowest BCUT2D eigenvalue weighted by molar-refractivity contribution is -0.140. The van der Waals surface area contributed by atoms with E-state index in [0.717, 1.165) is 5.56 Å². The molecule has 1 heterocycles. The molecule has 9 heteroatoms. The van der Waals surface area contributed by atoms with E-state index in [1.165, 1.54) is 7.11 Å². The number of benzene rings is 1. The summed E-state index contributed by atoms with van der Waals surface area (Å²) in [4.78, 5) is 31.5. The Hall–Kier alpha value is -1.55. The highest BCUT2D eigenvalue weighted by atomic mass is 127. The number of hydrogen-bond donors (Lipinski definition) is 1. The first-order valence-corrected chi connectivity index (χ1v) is 8.46. The van der Waals surface area contributed by atoms with E-state index in [1.54, 1.807) is 7.05 Å². The number of carbonyl (C=O) groups is 2. The maximum absolute atomic E-state index is 12.4. The number of piperazine rings is 1. The molecule has 1 fully saturated rings. The lowest BCUT2D eigenvalue weighted by atomic mass is 10.2. The Kier molecular flexibility index (Phi) is 9.71. The molecule has 1 aliphatic heterocycles. The summed E-state index contributed by atoms with van der Waals surface area (Å²) in [6, 6.07) is 7.50. The van der Waals surface area contributed by atoms with Gasteiger partial charge in [0, 0.05) is 38.2 Å². The van der Waals surface area contributed by atoms with Crippen LogP contribution in [0.1, 0.15) is 12.0 Å². The molecule has 1 aromatic rings. The third-order valence-corrected chi connectivity index (χ3v) is 4.21. The Labute approximate surface area is 175 Å². The van der Waals surface area contributed by atoms with Gasteiger partial charge in [-0.05, 0) is 17.7 Å². The maximum Gasteiger partial charge on any atom is 0.307 e. The number of halogens is 2. The summed E-state index contributed by atoms with van der Waals surface area (Å²) in [5.74, 6) is 0.368. The molecule has 7 nitrogen and oxygen atoms in total. The van der Waals surface area contributed by atoms with Gasteiger partial charge in [0.25, 0.3) is 0 Å². The summed E-state index contributed by atoms with van der Waals surface area (Å²) in [6.07, 6.45) is 0.250. The van der Waals surface area contributed by atoms with Gasteiger partial charge in [0.15, 0.2) is 5.96 Å². The van der Waals surface area contributed by atoms with Gasteiger partial charge >= 0.3 is 5.97 Å². The van der Waals surface area contributed by atoms with Crippen molar-refractivity contribution in [3.63, 3.8) is 0 Å². The molecule has 2 rings (SSSR count). The molecule has 0 spiro atoms. The molecule has 0 aliphatic carbocycles. The Morgan fingerprint density at radius 2 is 2.00 bits per heavy atom. The standard InChI is InChI=1S/C17H23ClN4O3.HI/c1-19-17(20-8-7-16(24)25-2)22-10-9-21(15(23)12-22)11-13-3-5-14(18)6-4-13;/h3-6H,7-12H2,1-2H3,(H,19,20);1H. The summed E-state index contributed by atoms with van der Waals surface area (Å²) < 4.78 is 4.60. The second-order valence-corrected chi connectivity index (χ2v) is 6.10. The zero-order valence-electron chi connectivity index (χ0n) is 14.9. The van der Waals surface area contributed by atoms with Crippen LogP contribution in [0, 0.1) is 0 Å². The molecule has 0 saturated carbocycles. The van der Waals surface area contributed by atoms with Crippen molar-refractivity contribution in [1.29, 1.82) is 0 Å². The van der Waals surface area contributed by atoms with E-state index in [-0.39, 0.29) is 48.8 Å². The molecular formula is C17H24ClIN4O3. The molecule has 0 radical (unpaired) electrons. The van der Waals surface area contributed by atoms with Gasteiger partial charge in [-0.1, -0.05) is 23.7 Å². The quantitative estimate of drug-likeness (QED) is 0.292. The highest BCUT2D eigenvalue weighted by Gasteiger charge is 2.25. The van der Waals surface area contributed by atoms with Crippen LogP contribution in [0.2, 0.25) is 5.02 Å². The Morgan fingerprint density at radius 3 is 2.58 bits per heavy atom. The van der Waals surface area contributed by atoms with Crippen LogP contribution in [0.4, 0.5) is 0 Å². The second kappa shape index (κ2) is 11.2. The monoisotopic (exact) mass is 494 g/mol. The number of amides is 1. The van der Waals surface area contributed by atoms with Crippen LogP contribution >= 0.6 is 35.6 Å². The topological polar surface area (TPSA) is 74.2 Å². The van der Waals surface area contributed by atoms with E-state index in [0.29, 0.717) is 37.2 Å². The number of hydrogen-bond acceptors (Lipinski definition) is 4. The van der Waals surface area contributed by atoms with E-state index < -0.39 is 0 Å². The number of rotatable bonds is 5. The smallest absolute Gasteiger partial charge is 0.307 e. The number of methoxy groups -OCH3 is 1. The van der Waals surface area contributed by atoms with Crippen molar-refractivity contribution in [3.8, 4) is 0 Å². The number of aliphatic imine (C=N–C) groups is 1. The largest absolute Gasteiger partial charge is 0.469 e. The van der Waals surface area contributed by atoms with Crippen molar-refractivity contribution in [3.05, 3.63) is 34.9 Å². The van der Waals surface area contributed by atoms with Gasteiger partial charge in [-0.2, -0.15) is 0 Å². The summed E-state index contributed by atoms with van der Waals surface area (Å²) in [5.41, 5.74) is 1.05. The molecule has 26 heavy (non-hydrogen) atoms. The molecule has 0 unspecified atom stereocenters. The fraction of sp³-hybridized carbons (Fsp3) is 0.471. The third-order valence-electron chi connectivity index (χ3n) is 3.96. The molecule has 1 saturated heterocycles. The van der Waals surface area contributed by atoms with Gasteiger partial charge in [-0.15, -0.1) is 24.0 Å². The van der Waals surface area contributed by atoms with Crippen LogP contribution in [0.3, 0.4) is 0 Å². The minimum Gasteiger partial charge on any atom is -0.469 e. The van der Waals surface area contributed by atoms with Crippen molar-refractivity contribution in [1.82, 2.24) is 15.1 Å². The molecule has 1 aliphatic rings. The van der Waals surface area contributed by atoms with Gasteiger partial charge in [-0.25, -0.2) is 0 Å². The number of ether oxygens (including phenoxy) is 1. The molecule has 0 aromatic heterocycles. The summed E-state index contributed by atoms with van der Waals surface area (Å²) in [7, 11) is 3.01. The lowest BCUT2D eigenvalue weighted by Crippen LogP contribution is -2.55. The highest BCUT2D eigenvalue weighted by Crippen LogP contribution is 2.13. The van der Waals surface area contributed by atoms with Gasteiger partial charge in [0.05, 0.1) is 20.1 Å². The van der Waals surface area contributed by atoms with E-state index in [1.807, 2.05) is 34.1 Å². The summed E-state index contributed by atoms with van der Waals surface area (Å²) in [6.45, 7) is 2.53. The second-order valence-electron chi connectivity index (χ2n) is 5.66. The van der Waals surface area contributed by atoms with Crippen LogP contribution in [0.15, 0.2) is 29.3 Å². The number of esters is 1. The molecule has 1 N–H and O–H groups in total. The van der Waals surface area contributed by atoms with Gasteiger partial charge in [0.1, 0.15) is 0 Å². The average Bonchev–Trinajstić information content (AvgIpc) is 2.62. The molecule has 0 bridgehead atoms. The zero-order valence-corrected chi connectivity index (χ0v) is 18.0. The van der Waals surface area contributed by atoms with E-state index >= 15 is 0 Å². The van der Waals surface area contributed by atoms with Crippen molar-refractivity contribution in [2.24, 2.45) is 4.99 Å². The number of nitrogens with one attached hydrogen (secondary N) is 1. The summed E-state index contributed by atoms with van der Waals surface area (Å²) >= 11 is 5.89. The fourth-order valence-electron chi connectivity index (χ4n) is 2.58. The van der Waals surface area contributed by atoms with Crippen LogP contribution in [0.25, 0.3) is 0 Å². The average molecular weight is 495 g/mol. The van der Waals surface area contributed by atoms with E-state index in [2.05, 4.69) is 15.0 Å². The normalized spacial score (nSPS) is 14.7. The molecule has 1 aromatic carbocycles. The van der Waals surface area contributed by atoms with E-state index in [9.17, 15) is 9.59 Å². The fourth-order valence-corrected chi connectivity index (χ4v) is 2.70. The van der Waals surface area contributed by atoms with Crippen molar-refractivity contribution < 1.29 is 14.3 Å². The Balaban J connectivity index is 0.00000338. The molecule has 144 valence electrons. The Morgan fingerprint density at radius 1 is 1.31 bits per heavy atom. The van der Waals surface area contributed by atoms with Crippen LogP contribution in [-0.4, -0.2) is 68.0 Å². The minimum absolute atomic E-state index is 0. The number of carbonyl (C=O) groups excluding carboxylic acids is 2. The Bertz CT molecular complexity index is 639. The van der Waals surface area contributed by atoms with Crippen LogP contribution < -0.4 is 5.32 Å². The van der Waals surface area contributed by atoms with Gasteiger partial charge in [0.2, 0.25) is 5.91 Å². The first-order chi connectivity index (χ1) is 12.0. The molecule has 1 amide bonds. The first-order valence-electron chi connectivity index (χ1n) is 8.08. The van der Waals surface area contributed by atoms with Gasteiger partial charge < -0.3 is 19.9 Å². The summed E-state index contributed by atoms with van der Waals surface area (Å²) in [5, 5.41) is 3.77. The predicted molar refractivity (Wildman–Crippen MR) is 112 cm³/mol. The maximum atomic E-state index is 12.4.